The molecule has 4 heteroatoms. The van der Waals surface area contributed by atoms with Crippen molar-refractivity contribution in [2.45, 2.75) is 37.8 Å². The number of benzene rings is 1. The van der Waals surface area contributed by atoms with Crippen molar-refractivity contribution in [3.8, 4) is 5.88 Å². The van der Waals surface area contributed by atoms with Crippen LogP contribution in [0.4, 0.5) is 0 Å². The van der Waals surface area contributed by atoms with Crippen LogP contribution in [-0.4, -0.2) is 22.3 Å². The van der Waals surface area contributed by atoms with Gasteiger partial charge in [0.15, 0.2) is 0 Å². The Labute approximate surface area is 106 Å². The fourth-order valence-corrected chi connectivity index (χ4v) is 2.45. The lowest BCUT2D eigenvalue weighted by Gasteiger charge is -2.26. The van der Waals surface area contributed by atoms with Crippen LogP contribution < -0.4 is 10.5 Å². The van der Waals surface area contributed by atoms with Crippen LogP contribution in [0.25, 0.3) is 10.8 Å². The maximum atomic E-state index is 5.99. The van der Waals surface area contributed by atoms with Crippen molar-refractivity contribution in [1.82, 2.24) is 10.2 Å². The molecular formula is C14H17N3O. The van der Waals surface area contributed by atoms with Gasteiger partial charge >= 0.3 is 0 Å². The topological polar surface area (TPSA) is 61.0 Å². The van der Waals surface area contributed by atoms with Gasteiger partial charge in [0.05, 0.1) is 6.20 Å². The van der Waals surface area contributed by atoms with Crippen LogP contribution in [0.2, 0.25) is 0 Å². The summed E-state index contributed by atoms with van der Waals surface area (Å²) in [6.07, 6.45) is 6.06. The maximum Gasteiger partial charge on any atom is 0.241 e. The molecule has 2 aromatic rings. The molecule has 2 N–H and O–H groups in total. The van der Waals surface area contributed by atoms with E-state index < -0.39 is 0 Å². The van der Waals surface area contributed by atoms with E-state index in [0.717, 1.165) is 36.5 Å². The summed E-state index contributed by atoms with van der Waals surface area (Å²) in [5, 5.41) is 10.2. The molecule has 1 aliphatic carbocycles. The number of nitrogens with two attached hydrogens (primary N) is 1. The van der Waals surface area contributed by atoms with Gasteiger partial charge in [-0.25, -0.2) is 0 Å². The van der Waals surface area contributed by atoms with Crippen LogP contribution in [0.1, 0.15) is 25.7 Å². The lowest BCUT2D eigenvalue weighted by molar-refractivity contribution is 0.142. The van der Waals surface area contributed by atoms with E-state index >= 15 is 0 Å². The third kappa shape index (κ3) is 2.29. The highest BCUT2D eigenvalue weighted by atomic mass is 16.5. The number of rotatable bonds is 2. The standard InChI is InChI=1S/C14H17N3O/c15-11-5-7-12(8-6-11)18-14-13-4-2-1-3-10(13)9-16-17-14/h1-4,9,11-12H,5-8,15H2. The zero-order valence-corrected chi connectivity index (χ0v) is 10.2. The van der Waals surface area contributed by atoms with Gasteiger partial charge in [-0.1, -0.05) is 18.2 Å². The normalized spacial score (nSPS) is 24.1. The Bertz CT molecular complexity index is 530. The van der Waals surface area contributed by atoms with E-state index in [-0.39, 0.29) is 6.10 Å². The molecule has 94 valence electrons. The summed E-state index contributed by atoms with van der Waals surface area (Å²) >= 11 is 0. The van der Waals surface area contributed by atoms with Gasteiger partial charge in [-0.15, -0.1) is 5.10 Å². The van der Waals surface area contributed by atoms with Gasteiger partial charge in [0.25, 0.3) is 0 Å². The minimum Gasteiger partial charge on any atom is -0.473 e. The highest BCUT2D eigenvalue weighted by molar-refractivity contribution is 5.85. The highest BCUT2D eigenvalue weighted by Gasteiger charge is 2.21. The molecular weight excluding hydrogens is 226 g/mol. The number of fused-ring (bicyclic) bond motifs is 1. The van der Waals surface area contributed by atoms with Crippen LogP contribution in [0.15, 0.2) is 30.5 Å². The number of hydrogen-bond acceptors (Lipinski definition) is 4. The Balaban J connectivity index is 1.82. The van der Waals surface area contributed by atoms with E-state index in [9.17, 15) is 0 Å². The van der Waals surface area contributed by atoms with Crippen molar-refractivity contribution in [2.75, 3.05) is 0 Å². The fourth-order valence-electron chi connectivity index (χ4n) is 2.45. The molecule has 0 atom stereocenters. The molecule has 18 heavy (non-hydrogen) atoms. The Kier molecular flexibility index (Phi) is 3.11. The second-order valence-electron chi connectivity index (χ2n) is 4.89. The zero-order valence-electron chi connectivity index (χ0n) is 10.2. The lowest BCUT2D eigenvalue weighted by Crippen LogP contribution is -2.31. The van der Waals surface area contributed by atoms with E-state index in [4.69, 9.17) is 10.5 Å². The quantitative estimate of drug-likeness (QED) is 0.879. The summed E-state index contributed by atoms with van der Waals surface area (Å²) in [6, 6.07) is 8.37. The van der Waals surface area contributed by atoms with Gasteiger partial charge < -0.3 is 10.5 Å². The van der Waals surface area contributed by atoms with Crippen molar-refractivity contribution in [3.63, 3.8) is 0 Å². The van der Waals surface area contributed by atoms with Gasteiger partial charge in [-0.2, -0.15) is 5.10 Å². The first kappa shape index (κ1) is 11.4. The second kappa shape index (κ2) is 4.90. The van der Waals surface area contributed by atoms with Crippen LogP contribution in [-0.2, 0) is 0 Å². The van der Waals surface area contributed by atoms with Gasteiger partial charge in [-0.05, 0) is 31.7 Å². The number of hydrogen-bond donors (Lipinski definition) is 1. The molecule has 0 spiro atoms. The first-order chi connectivity index (χ1) is 8.83. The smallest absolute Gasteiger partial charge is 0.241 e. The average Bonchev–Trinajstić information content (AvgIpc) is 2.42. The first-order valence-electron chi connectivity index (χ1n) is 6.45. The van der Waals surface area contributed by atoms with Crippen molar-refractivity contribution in [3.05, 3.63) is 30.5 Å². The van der Waals surface area contributed by atoms with Crippen molar-refractivity contribution >= 4 is 10.8 Å². The van der Waals surface area contributed by atoms with Crippen LogP contribution >= 0.6 is 0 Å². The molecule has 1 aliphatic rings. The van der Waals surface area contributed by atoms with Crippen molar-refractivity contribution < 1.29 is 4.74 Å². The molecule has 1 aromatic carbocycles. The summed E-state index contributed by atoms with van der Waals surface area (Å²) < 4.78 is 5.99. The molecule has 0 radical (unpaired) electrons. The van der Waals surface area contributed by atoms with Crippen LogP contribution in [0, 0.1) is 0 Å². The second-order valence-corrected chi connectivity index (χ2v) is 4.89. The Morgan fingerprint density at radius 3 is 2.72 bits per heavy atom. The van der Waals surface area contributed by atoms with Crippen molar-refractivity contribution in [1.29, 1.82) is 0 Å². The van der Waals surface area contributed by atoms with E-state index in [1.54, 1.807) is 6.20 Å². The predicted molar refractivity (Wildman–Crippen MR) is 70.4 cm³/mol. The summed E-state index contributed by atoms with van der Waals surface area (Å²) in [5.41, 5.74) is 5.90. The highest BCUT2D eigenvalue weighted by Crippen LogP contribution is 2.26. The first-order valence-corrected chi connectivity index (χ1v) is 6.45. The van der Waals surface area contributed by atoms with E-state index in [0.29, 0.717) is 11.9 Å². The SMILES string of the molecule is NC1CCC(Oc2nncc3ccccc23)CC1. The fraction of sp³-hybridized carbons (Fsp3) is 0.429. The van der Waals surface area contributed by atoms with Crippen LogP contribution in [0.3, 0.4) is 0 Å². The molecule has 0 bridgehead atoms. The van der Waals surface area contributed by atoms with E-state index in [2.05, 4.69) is 10.2 Å². The van der Waals surface area contributed by atoms with E-state index in [1.165, 1.54) is 0 Å². The summed E-state index contributed by atoms with van der Waals surface area (Å²) in [6.45, 7) is 0. The number of nitrogens with zero attached hydrogens (tertiary/aromatic N) is 2. The zero-order chi connectivity index (χ0) is 12.4. The monoisotopic (exact) mass is 243 g/mol. The van der Waals surface area contributed by atoms with Gasteiger partial charge in [0.2, 0.25) is 5.88 Å². The van der Waals surface area contributed by atoms with Crippen molar-refractivity contribution in [2.24, 2.45) is 5.73 Å². The summed E-state index contributed by atoms with van der Waals surface area (Å²) in [5.74, 6) is 0.647. The van der Waals surface area contributed by atoms with Crippen LogP contribution in [0.5, 0.6) is 5.88 Å². The minimum atomic E-state index is 0.227. The molecule has 0 aliphatic heterocycles. The Morgan fingerprint density at radius 1 is 1.11 bits per heavy atom. The third-order valence-corrected chi connectivity index (χ3v) is 3.53. The Hall–Kier alpha value is -1.68. The molecule has 1 saturated carbocycles. The predicted octanol–water partition coefficient (Wildman–Crippen LogP) is 2.28. The molecule has 0 saturated heterocycles. The summed E-state index contributed by atoms with van der Waals surface area (Å²) in [7, 11) is 0. The lowest BCUT2D eigenvalue weighted by atomic mass is 9.94. The number of aromatic nitrogens is 2. The molecule has 1 heterocycles. The molecule has 4 nitrogen and oxygen atoms in total. The van der Waals surface area contributed by atoms with Gasteiger partial charge in [0, 0.05) is 16.8 Å². The molecule has 1 aromatic heterocycles. The largest absolute Gasteiger partial charge is 0.473 e. The average molecular weight is 243 g/mol. The molecule has 0 unspecified atom stereocenters. The molecule has 1 fully saturated rings. The van der Waals surface area contributed by atoms with Gasteiger partial charge in [0.1, 0.15) is 6.10 Å². The Morgan fingerprint density at radius 2 is 1.89 bits per heavy atom. The maximum absolute atomic E-state index is 5.99. The minimum absolute atomic E-state index is 0.227. The molecule has 0 amide bonds. The number of ether oxygens (including phenoxy) is 1. The van der Waals surface area contributed by atoms with E-state index in [1.807, 2.05) is 24.3 Å². The third-order valence-electron chi connectivity index (χ3n) is 3.53. The molecule has 3 rings (SSSR count). The summed E-state index contributed by atoms with van der Waals surface area (Å²) in [4.78, 5) is 0. The van der Waals surface area contributed by atoms with Gasteiger partial charge in [-0.3, -0.25) is 0 Å².